The van der Waals surface area contributed by atoms with Crippen molar-refractivity contribution in [3.8, 4) is 34.3 Å². The molecule has 1 aliphatic heterocycles. The number of para-hydroxylation sites is 1. The van der Waals surface area contributed by atoms with E-state index in [1.54, 1.807) is 26.4 Å². The van der Waals surface area contributed by atoms with Crippen molar-refractivity contribution < 1.29 is 28.2 Å². The predicted molar refractivity (Wildman–Crippen MR) is 126 cm³/mol. The number of hydrogen-bond donors (Lipinski definition) is 0. The molecule has 0 fully saturated rings. The molecule has 7 nitrogen and oxygen atoms in total. The summed E-state index contributed by atoms with van der Waals surface area (Å²) in [5.74, 6) is 1.08. The van der Waals surface area contributed by atoms with Crippen LogP contribution in [-0.2, 0) is 4.79 Å². The van der Waals surface area contributed by atoms with Crippen molar-refractivity contribution in [3.05, 3.63) is 82.0 Å². The summed E-state index contributed by atoms with van der Waals surface area (Å²) >= 11 is 0. The Morgan fingerprint density at radius 3 is 2.32 bits per heavy atom. The highest BCUT2D eigenvalue weighted by Crippen LogP contribution is 2.49. The molecule has 0 saturated heterocycles. The molecule has 7 heteroatoms. The predicted octanol–water partition coefficient (Wildman–Crippen LogP) is 4.93. The quantitative estimate of drug-likeness (QED) is 0.310. The van der Waals surface area contributed by atoms with E-state index < -0.39 is 11.9 Å². The first-order valence-corrected chi connectivity index (χ1v) is 10.7. The first kappa shape index (κ1) is 21.6. The Morgan fingerprint density at radius 1 is 0.853 bits per heavy atom. The fraction of sp³-hybridized carbons (Fsp3) is 0.185. The minimum Gasteiger partial charge on any atom is -0.496 e. The molecule has 0 unspecified atom stereocenters. The SMILES string of the molecule is COc1cccc([C@@H]2CC(=O)Oc3cc(OC)c4c(=O)cc(-c5ccccc5)oc4c32)c1OC. The van der Waals surface area contributed by atoms with Gasteiger partial charge in [-0.2, -0.15) is 0 Å². The van der Waals surface area contributed by atoms with E-state index in [0.717, 1.165) is 11.1 Å². The number of fused-ring (bicyclic) bond motifs is 3. The van der Waals surface area contributed by atoms with Gasteiger partial charge in [-0.05, 0) is 6.07 Å². The normalized spacial score (nSPS) is 14.9. The standard InChI is InChI=1S/C27H22O7/c1-30-19-11-7-10-16(26(19)32-3)17-12-23(29)33-22-14-21(31-2)25-18(28)13-20(34-27(25)24(17)22)15-8-5-4-6-9-15/h4-11,13-14,17H,12H2,1-3H3/t17-/m0/s1. The van der Waals surface area contributed by atoms with Crippen molar-refractivity contribution >= 4 is 16.9 Å². The number of carbonyl (C=O) groups is 1. The van der Waals surface area contributed by atoms with Crippen LogP contribution in [0.3, 0.4) is 0 Å². The zero-order chi connectivity index (χ0) is 23.8. The highest BCUT2D eigenvalue weighted by atomic mass is 16.5. The third-order valence-corrected chi connectivity index (χ3v) is 6.00. The van der Waals surface area contributed by atoms with Crippen molar-refractivity contribution in [3.63, 3.8) is 0 Å². The fourth-order valence-electron chi connectivity index (χ4n) is 4.50. The van der Waals surface area contributed by atoms with Crippen LogP contribution in [0.2, 0.25) is 0 Å². The number of methoxy groups -OCH3 is 3. The molecular formula is C27H22O7. The van der Waals surface area contributed by atoms with Crippen LogP contribution in [0.4, 0.5) is 0 Å². The van der Waals surface area contributed by atoms with Crippen molar-refractivity contribution in [1.29, 1.82) is 0 Å². The van der Waals surface area contributed by atoms with Gasteiger partial charge in [-0.25, -0.2) is 0 Å². The summed E-state index contributed by atoms with van der Waals surface area (Å²) in [5.41, 5.74) is 2.10. The number of esters is 1. The van der Waals surface area contributed by atoms with E-state index in [1.807, 2.05) is 42.5 Å². The third kappa shape index (κ3) is 3.46. The van der Waals surface area contributed by atoms with E-state index in [1.165, 1.54) is 13.2 Å². The van der Waals surface area contributed by atoms with Crippen LogP contribution in [0.25, 0.3) is 22.3 Å². The summed E-state index contributed by atoms with van der Waals surface area (Å²) in [4.78, 5) is 25.9. The Bertz CT molecular complexity index is 1450. The van der Waals surface area contributed by atoms with E-state index in [2.05, 4.69) is 0 Å². The molecule has 0 amide bonds. The molecule has 1 atom stereocenters. The average molecular weight is 458 g/mol. The number of hydrogen-bond acceptors (Lipinski definition) is 7. The molecule has 3 aromatic carbocycles. The van der Waals surface area contributed by atoms with Gasteiger partial charge >= 0.3 is 5.97 Å². The van der Waals surface area contributed by atoms with Gasteiger partial charge in [0.15, 0.2) is 16.9 Å². The van der Waals surface area contributed by atoms with Gasteiger partial charge in [-0.1, -0.05) is 42.5 Å². The van der Waals surface area contributed by atoms with Gasteiger partial charge in [-0.3, -0.25) is 9.59 Å². The molecular weight excluding hydrogens is 436 g/mol. The molecule has 1 aliphatic rings. The molecule has 4 aromatic rings. The Labute approximate surface area is 195 Å². The number of ether oxygens (including phenoxy) is 4. The summed E-state index contributed by atoms with van der Waals surface area (Å²) in [5, 5.41) is 0.283. The minimum atomic E-state index is -0.496. The maximum atomic E-state index is 13.3. The fourth-order valence-corrected chi connectivity index (χ4v) is 4.50. The average Bonchev–Trinajstić information content (AvgIpc) is 2.87. The summed E-state index contributed by atoms with van der Waals surface area (Å²) in [7, 11) is 4.55. The zero-order valence-electron chi connectivity index (χ0n) is 18.9. The highest BCUT2D eigenvalue weighted by molar-refractivity contribution is 5.93. The molecule has 0 radical (unpaired) electrons. The second-order valence-electron chi connectivity index (χ2n) is 7.85. The van der Waals surface area contributed by atoms with Crippen molar-refractivity contribution in [2.24, 2.45) is 0 Å². The molecule has 1 aromatic heterocycles. The van der Waals surface area contributed by atoms with Gasteiger partial charge in [0.25, 0.3) is 0 Å². The molecule has 0 bridgehead atoms. The van der Waals surface area contributed by atoms with E-state index in [4.69, 9.17) is 23.4 Å². The number of benzene rings is 3. The first-order valence-electron chi connectivity index (χ1n) is 10.7. The minimum absolute atomic E-state index is 0.0389. The molecule has 2 heterocycles. The van der Waals surface area contributed by atoms with E-state index >= 15 is 0 Å². The van der Waals surface area contributed by atoms with Crippen LogP contribution in [0, 0.1) is 0 Å². The number of carbonyl (C=O) groups excluding carboxylic acids is 1. The monoisotopic (exact) mass is 458 g/mol. The van der Waals surface area contributed by atoms with Gasteiger partial charge in [0.1, 0.15) is 28.2 Å². The molecule has 0 N–H and O–H groups in total. The summed E-state index contributed by atoms with van der Waals surface area (Å²) in [6.45, 7) is 0. The molecule has 172 valence electrons. The van der Waals surface area contributed by atoms with Crippen molar-refractivity contribution in [2.75, 3.05) is 21.3 Å². The van der Waals surface area contributed by atoms with Crippen LogP contribution < -0.4 is 24.4 Å². The Balaban J connectivity index is 1.86. The lowest BCUT2D eigenvalue weighted by atomic mass is 9.84. The summed E-state index contributed by atoms with van der Waals surface area (Å²) in [6, 6.07) is 17.8. The highest BCUT2D eigenvalue weighted by Gasteiger charge is 2.35. The van der Waals surface area contributed by atoms with Crippen molar-refractivity contribution in [1.82, 2.24) is 0 Å². The lowest BCUT2D eigenvalue weighted by Gasteiger charge is -2.27. The lowest BCUT2D eigenvalue weighted by Crippen LogP contribution is -2.22. The van der Waals surface area contributed by atoms with E-state index in [0.29, 0.717) is 28.4 Å². The molecule has 5 rings (SSSR count). The maximum Gasteiger partial charge on any atom is 0.312 e. The van der Waals surface area contributed by atoms with Gasteiger partial charge < -0.3 is 23.4 Å². The zero-order valence-corrected chi connectivity index (χ0v) is 18.9. The summed E-state index contributed by atoms with van der Waals surface area (Å²) < 4.78 is 28.5. The van der Waals surface area contributed by atoms with Crippen LogP contribution in [0.5, 0.6) is 23.0 Å². The Kier molecular flexibility index (Phi) is 5.45. The van der Waals surface area contributed by atoms with Crippen LogP contribution in [0.15, 0.2) is 69.9 Å². The third-order valence-electron chi connectivity index (χ3n) is 6.00. The Hall–Kier alpha value is -4.26. The van der Waals surface area contributed by atoms with E-state index in [-0.39, 0.29) is 28.7 Å². The largest absolute Gasteiger partial charge is 0.496 e. The second kappa shape index (κ2) is 8.59. The van der Waals surface area contributed by atoms with E-state index in [9.17, 15) is 9.59 Å². The van der Waals surface area contributed by atoms with Crippen LogP contribution >= 0.6 is 0 Å². The van der Waals surface area contributed by atoms with Crippen LogP contribution in [-0.4, -0.2) is 27.3 Å². The smallest absolute Gasteiger partial charge is 0.312 e. The molecule has 34 heavy (non-hydrogen) atoms. The van der Waals surface area contributed by atoms with Crippen molar-refractivity contribution in [2.45, 2.75) is 12.3 Å². The summed E-state index contributed by atoms with van der Waals surface area (Å²) in [6.07, 6.45) is 0.0389. The maximum absolute atomic E-state index is 13.3. The topological polar surface area (TPSA) is 84.2 Å². The molecule has 0 aliphatic carbocycles. The molecule has 0 spiro atoms. The second-order valence-corrected chi connectivity index (χ2v) is 7.85. The number of rotatable bonds is 5. The Morgan fingerprint density at radius 2 is 1.62 bits per heavy atom. The van der Waals surface area contributed by atoms with Gasteiger partial charge in [0, 0.05) is 34.7 Å². The lowest BCUT2D eigenvalue weighted by molar-refractivity contribution is -0.135. The van der Waals surface area contributed by atoms with Gasteiger partial charge in [0.2, 0.25) is 0 Å². The molecule has 0 saturated carbocycles. The van der Waals surface area contributed by atoms with Crippen LogP contribution in [0.1, 0.15) is 23.5 Å². The van der Waals surface area contributed by atoms with Gasteiger partial charge in [-0.15, -0.1) is 0 Å². The van der Waals surface area contributed by atoms with Gasteiger partial charge in [0.05, 0.1) is 27.8 Å². The first-order chi connectivity index (χ1) is 16.5.